The topological polar surface area (TPSA) is 51.1 Å². The molecule has 0 fully saturated rings. The fraction of sp³-hybridized carbons (Fsp3) is 0.241. The van der Waals surface area contributed by atoms with E-state index >= 15 is 0 Å². The lowest BCUT2D eigenvalue weighted by Gasteiger charge is -2.42. The Balaban J connectivity index is 1.56. The molecule has 0 N–H and O–H groups in total. The third kappa shape index (κ3) is 4.56. The predicted molar refractivity (Wildman–Crippen MR) is 148 cm³/mol. The maximum absolute atomic E-state index is 13.6. The molecule has 0 unspecified atom stereocenters. The Morgan fingerprint density at radius 2 is 1.67 bits per heavy atom. The van der Waals surface area contributed by atoms with Crippen LogP contribution in [0.4, 0.5) is 11.4 Å². The van der Waals surface area contributed by atoms with Crippen LogP contribution in [-0.2, 0) is 10.3 Å². The molecule has 0 saturated carbocycles. The molecular weight excluding hydrogens is 488 g/mol. The van der Waals surface area contributed by atoms with Gasteiger partial charge in [-0.05, 0) is 76.2 Å². The Hall–Kier alpha value is -3.42. The minimum Gasteiger partial charge on any atom is -0.494 e. The van der Waals surface area contributed by atoms with E-state index in [4.69, 9.17) is 14.5 Å². The van der Waals surface area contributed by atoms with E-state index in [0.29, 0.717) is 12.4 Å². The van der Waals surface area contributed by atoms with Gasteiger partial charge < -0.3 is 9.47 Å². The van der Waals surface area contributed by atoms with Crippen molar-refractivity contribution in [3.05, 3.63) is 87.9 Å². The number of fused-ring (bicyclic) bond motifs is 3. The number of carbonyl (C=O) groups is 1. The van der Waals surface area contributed by atoms with Crippen LogP contribution in [0, 0.1) is 6.92 Å². The Morgan fingerprint density at radius 3 is 2.39 bits per heavy atom. The summed E-state index contributed by atoms with van der Waals surface area (Å²) in [5.74, 6) is 1.43. The average molecular weight is 517 g/mol. The predicted octanol–water partition coefficient (Wildman–Crippen LogP) is 7.08. The number of nitrogens with zero attached hydrogens (tertiary/aromatic N) is 2. The van der Waals surface area contributed by atoms with Gasteiger partial charge in [-0.3, -0.25) is 9.69 Å². The smallest absolute Gasteiger partial charge is 0.265 e. The average Bonchev–Trinajstić information content (AvgIpc) is 3.30. The molecule has 0 spiro atoms. The summed E-state index contributed by atoms with van der Waals surface area (Å²) in [5, 5.41) is 0. The van der Waals surface area contributed by atoms with Crippen molar-refractivity contribution in [1.82, 2.24) is 0 Å². The Bertz CT molecular complexity index is 1450. The summed E-state index contributed by atoms with van der Waals surface area (Å²) in [6.45, 7) is 8.84. The van der Waals surface area contributed by atoms with Gasteiger partial charge in [0.05, 0.1) is 28.4 Å². The summed E-state index contributed by atoms with van der Waals surface area (Å²) in [6, 6.07) is 23.5. The summed E-state index contributed by atoms with van der Waals surface area (Å²) < 4.78 is 12.4. The number of anilines is 1. The normalized spacial score (nSPS) is 14.2. The standard InChI is InChI=1S/C29H28N2O3S2/c1-5-33-22-14-12-20(13-15-22)30-28-26-23-17-19(2)11-16-24(23)31(29(3,4)27(26)35-36-28)25(32)18-34-21-9-7-6-8-10-21/h6-17H,5,18H2,1-4H3. The molecule has 4 aromatic rings. The van der Waals surface area contributed by atoms with Crippen LogP contribution in [-0.4, -0.2) is 19.1 Å². The van der Waals surface area contributed by atoms with Gasteiger partial charge in [0, 0.05) is 11.1 Å². The van der Waals surface area contributed by atoms with Crippen molar-refractivity contribution < 1.29 is 14.3 Å². The first kappa shape index (κ1) is 24.3. The highest BCUT2D eigenvalue weighted by Crippen LogP contribution is 2.49. The fourth-order valence-electron chi connectivity index (χ4n) is 4.50. The van der Waals surface area contributed by atoms with Gasteiger partial charge in [-0.15, -0.1) is 0 Å². The molecule has 3 aromatic carbocycles. The number of amides is 1. The highest BCUT2D eigenvalue weighted by Gasteiger charge is 2.43. The van der Waals surface area contributed by atoms with Gasteiger partial charge in [0.25, 0.3) is 5.91 Å². The van der Waals surface area contributed by atoms with Crippen LogP contribution in [0.5, 0.6) is 11.5 Å². The molecule has 0 aliphatic carbocycles. The van der Waals surface area contributed by atoms with Crippen molar-refractivity contribution in [3.8, 4) is 22.6 Å². The van der Waals surface area contributed by atoms with Crippen LogP contribution in [0.25, 0.3) is 11.1 Å². The van der Waals surface area contributed by atoms with Crippen molar-refractivity contribution in [2.24, 2.45) is 4.99 Å². The van der Waals surface area contributed by atoms with Crippen LogP contribution in [0.15, 0.2) is 77.8 Å². The molecule has 0 atom stereocenters. The molecule has 0 radical (unpaired) electrons. The zero-order valence-electron chi connectivity index (χ0n) is 20.8. The lowest BCUT2D eigenvalue weighted by Crippen LogP contribution is -2.50. The quantitative estimate of drug-likeness (QED) is 0.257. The van der Waals surface area contributed by atoms with E-state index in [2.05, 4.69) is 32.9 Å². The van der Waals surface area contributed by atoms with E-state index in [1.165, 1.54) is 0 Å². The molecule has 184 valence electrons. The minimum absolute atomic E-state index is 0.0334. The second kappa shape index (κ2) is 9.91. The highest BCUT2D eigenvalue weighted by atomic mass is 32.9. The summed E-state index contributed by atoms with van der Waals surface area (Å²) in [7, 11) is 3.33. The highest BCUT2D eigenvalue weighted by molar-refractivity contribution is 7.68. The number of ether oxygens (including phenoxy) is 2. The Morgan fingerprint density at radius 1 is 0.944 bits per heavy atom. The van der Waals surface area contributed by atoms with Gasteiger partial charge >= 0.3 is 0 Å². The summed E-state index contributed by atoms with van der Waals surface area (Å²) in [6.07, 6.45) is 0. The molecule has 1 aliphatic rings. The molecule has 1 amide bonds. The molecule has 1 aromatic heterocycles. The molecule has 7 heteroatoms. The molecule has 5 nitrogen and oxygen atoms in total. The number of para-hydroxylation sites is 1. The number of carbonyl (C=O) groups excluding carboxylic acids is 1. The van der Waals surface area contributed by atoms with Gasteiger partial charge in [0.2, 0.25) is 0 Å². The number of benzene rings is 3. The van der Waals surface area contributed by atoms with Crippen LogP contribution in [0.2, 0.25) is 0 Å². The molecule has 36 heavy (non-hydrogen) atoms. The van der Waals surface area contributed by atoms with Crippen molar-refractivity contribution in [1.29, 1.82) is 0 Å². The van der Waals surface area contributed by atoms with Gasteiger partial charge in [-0.25, -0.2) is 4.99 Å². The first-order valence-electron chi connectivity index (χ1n) is 11.9. The second-order valence-electron chi connectivity index (χ2n) is 9.13. The number of rotatable bonds is 6. The molecule has 0 saturated heterocycles. The largest absolute Gasteiger partial charge is 0.494 e. The van der Waals surface area contributed by atoms with Crippen molar-refractivity contribution in [2.75, 3.05) is 18.1 Å². The first-order chi connectivity index (χ1) is 17.4. The van der Waals surface area contributed by atoms with Crippen LogP contribution >= 0.6 is 20.7 Å². The Labute approximate surface area is 218 Å². The van der Waals surface area contributed by atoms with Crippen molar-refractivity contribution in [3.63, 3.8) is 0 Å². The SMILES string of the molecule is CCOc1ccc(N=c2ssc3c2-c2cc(C)ccc2N(C(=O)COc2ccccc2)C3(C)C)cc1. The number of aryl methyl sites for hydroxylation is 1. The summed E-state index contributed by atoms with van der Waals surface area (Å²) in [5.41, 5.74) is 4.47. The summed E-state index contributed by atoms with van der Waals surface area (Å²) >= 11 is 0. The fourth-order valence-corrected chi connectivity index (χ4v) is 7.46. The lowest BCUT2D eigenvalue weighted by atomic mass is 9.86. The monoisotopic (exact) mass is 516 g/mol. The van der Waals surface area contributed by atoms with Gasteiger partial charge in [0.1, 0.15) is 16.2 Å². The third-order valence-electron chi connectivity index (χ3n) is 6.16. The number of hydrogen-bond donors (Lipinski definition) is 0. The van der Waals surface area contributed by atoms with Crippen molar-refractivity contribution >= 4 is 38.0 Å². The first-order valence-corrected chi connectivity index (χ1v) is 14.1. The van der Waals surface area contributed by atoms with E-state index in [0.717, 1.165) is 43.4 Å². The zero-order chi connectivity index (χ0) is 25.3. The minimum atomic E-state index is -0.553. The maximum Gasteiger partial charge on any atom is 0.265 e. The van der Waals surface area contributed by atoms with Crippen LogP contribution in [0.1, 0.15) is 31.2 Å². The molecule has 0 bridgehead atoms. The van der Waals surface area contributed by atoms with Crippen LogP contribution in [0.3, 0.4) is 0 Å². The number of hydrogen-bond acceptors (Lipinski definition) is 6. The van der Waals surface area contributed by atoms with E-state index in [-0.39, 0.29) is 12.5 Å². The maximum atomic E-state index is 13.6. The Kier molecular flexibility index (Phi) is 6.69. The third-order valence-corrected chi connectivity index (χ3v) is 8.79. The molecule has 1 aliphatic heterocycles. The van der Waals surface area contributed by atoms with Crippen molar-refractivity contribution in [2.45, 2.75) is 33.2 Å². The zero-order valence-corrected chi connectivity index (χ0v) is 22.4. The van der Waals surface area contributed by atoms with E-state index in [1.807, 2.05) is 72.5 Å². The van der Waals surface area contributed by atoms with Gasteiger partial charge in [-0.2, -0.15) is 0 Å². The summed E-state index contributed by atoms with van der Waals surface area (Å²) in [4.78, 5) is 21.6. The van der Waals surface area contributed by atoms with Crippen LogP contribution < -0.4 is 19.0 Å². The molecule has 2 heterocycles. The van der Waals surface area contributed by atoms with Gasteiger partial charge in [-0.1, -0.05) is 50.5 Å². The van der Waals surface area contributed by atoms with E-state index in [1.54, 1.807) is 20.7 Å². The second-order valence-corrected chi connectivity index (χ2v) is 11.3. The van der Waals surface area contributed by atoms with Gasteiger partial charge in [0.15, 0.2) is 6.61 Å². The molecule has 5 rings (SSSR count). The lowest BCUT2D eigenvalue weighted by molar-refractivity contribution is -0.121. The molecular formula is C29H28N2O3S2. The van der Waals surface area contributed by atoms with E-state index in [9.17, 15) is 4.79 Å². The van der Waals surface area contributed by atoms with E-state index < -0.39 is 5.54 Å².